The number of unbranched alkanes of at least 4 members (excludes halogenated alkanes) is 22. The molecule has 0 heterocycles. The van der Waals surface area contributed by atoms with Crippen LogP contribution < -0.4 is 0 Å². The molecule has 0 aromatic heterocycles. The molecule has 0 aliphatic carbocycles. The van der Waals surface area contributed by atoms with Crippen molar-refractivity contribution in [3.05, 3.63) is 12.2 Å². The van der Waals surface area contributed by atoms with Crippen molar-refractivity contribution >= 4 is 19.8 Å². The topological polar surface area (TPSA) is 149 Å². The maximum absolute atomic E-state index is 12.3. The van der Waals surface area contributed by atoms with Gasteiger partial charge < -0.3 is 24.6 Å². The summed E-state index contributed by atoms with van der Waals surface area (Å²) in [5, 5.41) is 19.1. The van der Waals surface area contributed by atoms with Gasteiger partial charge >= 0.3 is 19.8 Å². The number of aliphatic hydroxyl groups is 2. The number of carbonyl (C=O) groups excluding carboxylic acids is 2. The van der Waals surface area contributed by atoms with E-state index in [-0.39, 0.29) is 12.8 Å². The van der Waals surface area contributed by atoms with E-state index in [0.29, 0.717) is 12.8 Å². The van der Waals surface area contributed by atoms with Gasteiger partial charge in [0, 0.05) is 12.8 Å². The predicted octanol–water partition coefficient (Wildman–Crippen LogP) is 10.1. The monoisotopic (exact) mass is 735 g/mol. The Kier molecular flexibility index (Phi) is 35.2. The first-order chi connectivity index (χ1) is 24.3. The Morgan fingerprint density at radius 1 is 0.520 bits per heavy atom. The number of carbonyl (C=O) groups is 2. The highest BCUT2D eigenvalue weighted by Gasteiger charge is 2.27. The molecule has 0 fully saturated rings. The van der Waals surface area contributed by atoms with Crippen molar-refractivity contribution in [3.63, 3.8) is 0 Å². The van der Waals surface area contributed by atoms with E-state index in [0.717, 1.165) is 64.2 Å². The van der Waals surface area contributed by atoms with Crippen LogP contribution in [-0.2, 0) is 32.7 Å². The summed E-state index contributed by atoms with van der Waals surface area (Å²) in [5.74, 6) is -1.02. The molecule has 0 amide bonds. The highest BCUT2D eigenvalue weighted by molar-refractivity contribution is 7.47. The zero-order valence-corrected chi connectivity index (χ0v) is 32.8. The molecule has 10 nitrogen and oxygen atoms in total. The van der Waals surface area contributed by atoms with Gasteiger partial charge in [-0.2, -0.15) is 0 Å². The third-order valence-electron chi connectivity index (χ3n) is 8.71. The second-order valence-corrected chi connectivity index (χ2v) is 15.1. The fourth-order valence-corrected chi connectivity index (χ4v) is 6.37. The Bertz CT molecular complexity index is 853. The van der Waals surface area contributed by atoms with Gasteiger partial charge in [0.25, 0.3) is 0 Å². The van der Waals surface area contributed by atoms with E-state index < -0.39 is 58.4 Å². The Morgan fingerprint density at radius 3 is 1.22 bits per heavy atom. The van der Waals surface area contributed by atoms with Crippen molar-refractivity contribution < 1.29 is 47.8 Å². The van der Waals surface area contributed by atoms with Crippen LogP contribution in [0.25, 0.3) is 0 Å². The average Bonchev–Trinajstić information content (AvgIpc) is 3.10. The van der Waals surface area contributed by atoms with E-state index in [1.54, 1.807) is 0 Å². The Labute approximate surface area is 305 Å². The minimum atomic E-state index is -4.63. The number of hydrogen-bond acceptors (Lipinski definition) is 9. The summed E-state index contributed by atoms with van der Waals surface area (Å²) in [7, 11) is -4.63. The second-order valence-electron chi connectivity index (χ2n) is 13.6. The lowest BCUT2D eigenvalue weighted by Gasteiger charge is -2.20. The molecular formula is C39H75O10P. The maximum atomic E-state index is 12.3. The van der Waals surface area contributed by atoms with Crippen LogP contribution in [0.5, 0.6) is 0 Å². The summed E-state index contributed by atoms with van der Waals surface area (Å²) in [5.41, 5.74) is 0. The van der Waals surface area contributed by atoms with Crippen LogP contribution in [0.4, 0.5) is 0 Å². The molecule has 11 heteroatoms. The molecule has 0 spiro atoms. The first kappa shape index (κ1) is 48.7. The van der Waals surface area contributed by atoms with E-state index in [9.17, 15) is 29.3 Å². The summed E-state index contributed by atoms with van der Waals surface area (Å²) in [4.78, 5) is 34.3. The van der Waals surface area contributed by atoms with Gasteiger partial charge in [0.2, 0.25) is 0 Å². The highest BCUT2D eigenvalue weighted by atomic mass is 31.2. The van der Waals surface area contributed by atoms with E-state index in [4.69, 9.17) is 18.5 Å². The molecule has 50 heavy (non-hydrogen) atoms. The zero-order chi connectivity index (χ0) is 37.0. The van der Waals surface area contributed by atoms with Crippen LogP contribution >= 0.6 is 7.82 Å². The molecule has 0 rings (SSSR count). The molecule has 0 radical (unpaired) electrons. The van der Waals surface area contributed by atoms with Gasteiger partial charge in [-0.05, 0) is 32.1 Å². The van der Waals surface area contributed by atoms with Gasteiger partial charge in [0.05, 0.1) is 26.4 Å². The lowest BCUT2D eigenvalue weighted by atomic mass is 10.0. The van der Waals surface area contributed by atoms with Gasteiger partial charge in [-0.1, -0.05) is 154 Å². The van der Waals surface area contributed by atoms with Crippen molar-refractivity contribution in [1.29, 1.82) is 0 Å². The molecule has 0 aliphatic heterocycles. The summed E-state index contributed by atoms with van der Waals surface area (Å²) in [6, 6.07) is 0. The third kappa shape index (κ3) is 33.8. The molecule has 0 bridgehead atoms. The number of ether oxygens (including phenoxy) is 2. The summed E-state index contributed by atoms with van der Waals surface area (Å²) >= 11 is 0. The standard InChI is InChI=1S/C39H75O10P/c1-3-5-7-9-11-13-15-16-17-18-19-20-21-23-25-27-29-31-39(43)49-37(33-41)35-47-50(44,45)46-34-36(32-40)48-38(42)30-28-26-24-22-14-12-10-8-6-4-2/h8,10,36-37,40-41H,3-7,9,11-35H2,1-2H3,(H,44,45)/b10-8-. The van der Waals surface area contributed by atoms with Crippen LogP contribution in [0.3, 0.4) is 0 Å². The molecule has 0 aromatic rings. The largest absolute Gasteiger partial charge is 0.472 e. The van der Waals surface area contributed by atoms with Crippen LogP contribution in [0.15, 0.2) is 12.2 Å². The number of aliphatic hydroxyl groups excluding tert-OH is 2. The average molecular weight is 735 g/mol. The Balaban J connectivity index is 3.91. The predicted molar refractivity (Wildman–Crippen MR) is 201 cm³/mol. The molecule has 3 unspecified atom stereocenters. The molecule has 0 aliphatic rings. The fourth-order valence-electron chi connectivity index (χ4n) is 5.59. The maximum Gasteiger partial charge on any atom is 0.472 e. The smallest absolute Gasteiger partial charge is 0.457 e. The number of allylic oxidation sites excluding steroid dienone is 2. The number of rotatable bonds is 38. The van der Waals surface area contributed by atoms with Gasteiger partial charge in [0.1, 0.15) is 12.2 Å². The SMILES string of the molecule is CCC/C=C\CCCCCCCC(=O)OC(CO)COP(=O)(O)OCC(CO)OC(=O)CCCCCCCCCCCCCCCCCCC. The van der Waals surface area contributed by atoms with Crippen molar-refractivity contribution in [3.8, 4) is 0 Å². The van der Waals surface area contributed by atoms with E-state index >= 15 is 0 Å². The minimum absolute atomic E-state index is 0.184. The normalized spacial score (nSPS) is 14.1. The molecule has 0 saturated heterocycles. The minimum Gasteiger partial charge on any atom is -0.457 e. The molecule has 3 N–H and O–H groups in total. The van der Waals surface area contributed by atoms with E-state index in [2.05, 4.69) is 26.0 Å². The van der Waals surface area contributed by atoms with Crippen molar-refractivity contribution in [2.45, 2.75) is 199 Å². The van der Waals surface area contributed by atoms with Crippen molar-refractivity contribution in [2.75, 3.05) is 26.4 Å². The number of phosphoric acid groups is 1. The van der Waals surface area contributed by atoms with Crippen LogP contribution in [0, 0.1) is 0 Å². The second kappa shape index (κ2) is 36.1. The van der Waals surface area contributed by atoms with Crippen LogP contribution in [0.2, 0.25) is 0 Å². The summed E-state index contributed by atoms with van der Waals surface area (Å²) in [6.45, 7) is 2.14. The quantitative estimate of drug-likeness (QED) is 0.0242. The first-order valence-corrected chi connectivity index (χ1v) is 21.6. The summed E-state index contributed by atoms with van der Waals surface area (Å²) in [6.07, 6.45) is 32.0. The lowest BCUT2D eigenvalue weighted by molar-refractivity contribution is -0.153. The fraction of sp³-hybridized carbons (Fsp3) is 0.897. The lowest BCUT2D eigenvalue weighted by Crippen LogP contribution is -2.28. The van der Waals surface area contributed by atoms with Crippen LogP contribution in [-0.4, -0.2) is 65.7 Å². The van der Waals surface area contributed by atoms with Gasteiger partial charge in [-0.15, -0.1) is 0 Å². The Morgan fingerprint density at radius 2 is 0.860 bits per heavy atom. The summed E-state index contributed by atoms with van der Waals surface area (Å²) < 4.78 is 32.4. The first-order valence-electron chi connectivity index (χ1n) is 20.1. The Hall–Kier alpha value is -1.29. The van der Waals surface area contributed by atoms with Crippen LogP contribution in [0.1, 0.15) is 187 Å². The van der Waals surface area contributed by atoms with E-state index in [1.165, 1.54) is 83.5 Å². The number of hydrogen-bond donors (Lipinski definition) is 3. The number of esters is 2. The molecule has 0 aromatic carbocycles. The molecule has 296 valence electrons. The van der Waals surface area contributed by atoms with Crippen molar-refractivity contribution in [1.82, 2.24) is 0 Å². The molecule has 3 atom stereocenters. The highest BCUT2D eigenvalue weighted by Crippen LogP contribution is 2.43. The number of phosphoric ester groups is 1. The zero-order valence-electron chi connectivity index (χ0n) is 31.9. The molecule has 0 saturated carbocycles. The van der Waals surface area contributed by atoms with E-state index in [1.807, 2.05) is 0 Å². The molecular weight excluding hydrogens is 659 g/mol. The third-order valence-corrected chi connectivity index (χ3v) is 9.66. The van der Waals surface area contributed by atoms with Gasteiger partial charge in [0.15, 0.2) is 0 Å². The van der Waals surface area contributed by atoms with Crippen molar-refractivity contribution in [2.24, 2.45) is 0 Å². The van der Waals surface area contributed by atoms with Gasteiger partial charge in [-0.25, -0.2) is 4.57 Å². The van der Waals surface area contributed by atoms with Gasteiger partial charge in [-0.3, -0.25) is 18.6 Å².